The molecule has 0 fully saturated rings. The standard InChI is InChI=1S/C7H9NO2/c1-7(6(9)10)2-4-8-5-3-7/h2-5,8H,1H3,(H,9,10)/p-1. The Morgan fingerprint density at radius 1 is 1.50 bits per heavy atom. The van der Waals surface area contributed by atoms with E-state index in [2.05, 4.69) is 5.32 Å². The van der Waals surface area contributed by atoms with E-state index in [0.29, 0.717) is 0 Å². The molecule has 0 radical (unpaired) electrons. The van der Waals surface area contributed by atoms with Crippen LogP contribution in [0.4, 0.5) is 0 Å². The van der Waals surface area contributed by atoms with Gasteiger partial charge in [0.2, 0.25) is 0 Å². The molecular weight excluding hydrogens is 130 g/mol. The minimum absolute atomic E-state index is 0.939. The Bertz CT molecular complexity index is 194. The molecule has 1 heterocycles. The molecule has 0 bridgehead atoms. The topological polar surface area (TPSA) is 52.2 Å². The van der Waals surface area contributed by atoms with Gasteiger partial charge < -0.3 is 15.2 Å². The lowest BCUT2D eigenvalue weighted by atomic mass is 9.90. The third-order valence-corrected chi connectivity index (χ3v) is 1.49. The first-order valence-corrected chi connectivity index (χ1v) is 2.98. The molecule has 0 unspecified atom stereocenters. The van der Waals surface area contributed by atoms with E-state index in [9.17, 15) is 9.90 Å². The maximum absolute atomic E-state index is 10.4. The number of rotatable bonds is 1. The van der Waals surface area contributed by atoms with Crippen molar-refractivity contribution in [3.8, 4) is 0 Å². The van der Waals surface area contributed by atoms with Gasteiger partial charge >= 0.3 is 0 Å². The monoisotopic (exact) mass is 138 g/mol. The van der Waals surface area contributed by atoms with Gasteiger partial charge in [0, 0.05) is 5.41 Å². The lowest BCUT2D eigenvalue weighted by Crippen LogP contribution is -2.38. The average Bonchev–Trinajstić information content (AvgIpc) is 1.89. The molecule has 0 saturated carbocycles. The fraction of sp³-hybridized carbons (Fsp3) is 0.286. The highest BCUT2D eigenvalue weighted by atomic mass is 16.4. The highest BCUT2D eigenvalue weighted by Gasteiger charge is 2.19. The lowest BCUT2D eigenvalue weighted by Gasteiger charge is -2.24. The van der Waals surface area contributed by atoms with Crippen molar-refractivity contribution in [1.82, 2.24) is 5.32 Å². The number of aliphatic carboxylic acids is 1. The molecule has 0 spiro atoms. The van der Waals surface area contributed by atoms with Gasteiger partial charge in [-0.2, -0.15) is 0 Å². The maximum atomic E-state index is 10.4. The fourth-order valence-electron chi connectivity index (χ4n) is 0.690. The van der Waals surface area contributed by atoms with Crippen molar-refractivity contribution >= 4 is 5.97 Å². The van der Waals surface area contributed by atoms with Crippen LogP contribution in [0, 0.1) is 5.41 Å². The average molecular weight is 138 g/mol. The van der Waals surface area contributed by atoms with Crippen LogP contribution in [-0.4, -0.2) is 5.97 Å². The van der Waals surface area contributed by atoms with Gasteiger partial charge in [-0.25, -0.2) is 0 Å². The summed E-state index contributed by atoms with van der Waals surface area (Å²) in [5.41, 5.74) is -0.939. The first kappa shape index (κ1) is 6.86. The smallest absolute Gasteiger partial charge is 0.0550 e. The van der Waals surface area contributed by atoms with E-state index in [0.717, 1.165) is 0 Å². The summed E-state index contributed by atoms with van der Waals surface area (Å²) in [5.74, 6) is -1.08. The van der Waals surface area contributed by atoms with Crippen molar-refractivity contribution in [2.45, 2.75) is 6.92 Å². The van der Waals surface area contributed by atoms with Gasteiger partial charge in [0.15, 0.2) is 0 Å². The van der Waals surface area contributed by atoms with Gasteiger partial charge in [-0.15, -0.1) is 0 Å². The molecule has 1 aliphatic heterocycles. The summed E-state index contributed by atoms with van der Waals surface area (Å²) >= 11 is 0. The quantitative estimate of drug-likeness (QED) is 0.525. The highest BCUT2D eigenvalue weighted by Crippen LogP contribution is 2.20. The van der Waals surface area contributed by atoms with Gasteiger partial charge in [-0.1, -0.05) is 12.2 Å². The SMILES string of the molecule is CC1(C(=O)[O-])C=CNC=C1. The zero-order chi connectivity index (χ0) is 7.61. The minimum atomic E-state index is -1.08. The lowest BCUT2D eigenvalue weighted by molar-refractivity contribution is -0.313. The zero-order valence-corrected chi connectivity index (χ0v) is 5.63. The number of hydrogen-bond acceptors (Lipinski definition) is 3. The van der Waals surface area contributed by atoms with E-state index in [1.54, 1.807) is 31.5 Å². The Morgan fingerprint density at radius 3 is 2.30 bits per heavy atom. The van der Waals surface area contributed by atoms with Crippen LogP contribution >= 0.6 is 0 Å². The van der Waals surface area contributed by atoms with Crippen LogP contribution in [0.2, 0.25) is 0 Å². The summed E-state index contributed by atoms with van der Waals surface area (Å²) in [6.07, 6.45) is 6.25. The molecule has 0 atom stereocenters. The molecule has 1 aliphatic rings. The van der Waals surface area contributed by atoms with Gasteiger partial charge in [0.1, 0.15) is 0 Å². The first-order chi connectivity index (χ1) is 4.65. The summed E-state index contributed by atoms with van der Waals surface area (Å²) in [5, 5.41) is 13.2. The van der Waals surface area contributed by atoms with Crippen LogP contribution in [0.3, 0.4) is 0 Å². The molecule has 3 heteroatoms. The van der Waals surface area contributed by atoms with Crippen molar-refractivity contribution in [1.29, 1.82) is 0 Å². The number of carboxylic acid groups (broad SMARTS) is 1. The summed E-state index contributed by atoms with van der Waals surface area (Å²) in [6, 6.07) is 0. The van der Waals surface area contributed by atoms with Crippen molar-refractivity contribution in [2.75, 3.05) is 0 Å². The van der Waals surface area contributed by atoms with E-state index in [4.69, 9.17) is 0 Å². The second-order valence-electron chi connectivity index (χ2n) is 2.40. The second-order valence-corrected chi connectivity index (χ2v) is 2.40. The number of hydrogen-bond donors (Lipinski definition) is 1. The molecule has 54 valence electrons. The maximum Gasteiger partial charge on any atom is 0.0550 e. The Morgan fingerprint density at radius 2 is 2.00 bits per heavy atom. The molecule has 1 rings (SSSR count). The summed E-state index contributed by atoms with van der Waals surface area (Å²) in [6.45, 7) is 1.58. The number of carboxylic acids is 1. The molecule has 0 saturated heterocycles. The minimum Gasteiger partial charge on any atom is -0.549 e. The van der Waals surface area contributed by atoms with Crippen molar-refractivity contribution in [3.05, 3.63) is 24.6 Å². The molecular formula is C7H8NO2-. The normalized spacial score (nSPS) is 20.1. The van der Waals surface area contributed by atoms with Gasteiger partial charge in [0.05, 0.1) is 5.97 Å². The van der Waals surface area contributed by atoms with E-state index in [-0.39, 0.29) is 0 Å². The van der Waals surface area contributed by atoms with Crippen LogP contribution in [0.15, 0.2) is 24.6 Å². The molecule has 0 amide bonds. The molecule has 1 N–H and O–H groups in total. The van der Waals surface area contributed by atoms with E-state index < -0.39 is 11.4 Å². The van der Waals surface area contributed by atoms with Crippen molar-refractivity contribution in [2.24, 2.45) is 5.41 Å². The molecule has 0 aromatic heterocycles. The van der Waals surface area contributed by atoms with E-state index in [1.807, 2.05) is 0 Å². The molecule has 0 aromatic carbocycles. The Labute approximate surface area is 59.0 Å². The largest absolute Gasteiger partial charge is 0.549 e. The van der Waals surface area contributed by atoms with E-state index >= 15 is 0 Å². The van der Waals surface area contributed by atoms with Crippen molar-refractivity contribution in [3.63, 3.8) is 0 Å². The molecule has 0 aromatic rings. The van der Waals surface area contributed by atoms with Gasteiger partial charge in [0.25, 0.3) is 0 Å². The van der Waals surface area contributed by atoms with Crippen LogP contribution in [0.25, 0.3) is 0 Å². The first-order valence-electron chi connectivity index (χ1n) is 2.98. The van der Waals surface area contributed by atoms with Crippen molar-refractivity contribution < 1.29 is 9.90 Å². The third kappa shape index (κ3) is 1.03. The highest BCUT2D eigenvalue weighted by molar-refractivity contribution is 5.77. The third-order valence-electron chi connectivity index (χ3n) is 1.49. The molecule has 0 aliphatic carbocycles. The molecule has 10 heavy (non-hydrogen) atoms. The van der Waals surface area contributed by atoms with Gasteiger partial charge in [-0.05, 0) is 19.3 Å². The van der Waals surface area contributed by atoms with E-state index in [1.165, 1.54) is 0 Å². The Hall–Kier alpha value is -1.25. The Kier molecular flexibility index (Phi) is 1.49. The number of carbonyl (C=O) groups is 1. The van der Waals surface area contributed by atoms with Crippen LogP contribution < -0.4 is 10.4 Å². The summed E-state index contributed by atoms with van der Waals surface area (Å²) in [7, 11) is 0. The van der Waals surface area contributed by atoms with Crippen LogP contribution in [0.1, 0.15) is 6.92 Å². The van der Waals surface area contributed by atoms with Gasteiger partial charge in [-0.3, -0.25) is 0 Å². The predicted molar refractivity (Wildman–Crippen MR) is 34.5 cm³/mol. The van der Waals surface area contributed by atoms with Crippen LogP contribution in [-0.2, 0) is 4.79 Å². The van der Waals surface area contributed by atoms with Crippen LogP contribution in [0.5, 0.6) is 0 Å². The zero-order valence-electron chi connectivity index (χ0n) is 5.63. The number of dihydropyridines is 1. The predicted octanol–water partition coefficient (Wildman–Crippen LogP) is -0.627. The summed E-state index contributed by atoms with van der Waals surface area (Å²) < 4.78 is 0. The Balaban J connectivity index is 2.85. The second kappa shape index (κ2) is 2.17. The summed E-state index contributed by atoms with van der Waals surface area (Å²) in [4.78, 5) is 10.4. The fourth-order valence-corrected chi connectivity index (χ4v) is 0.690. The number of nitrogens with one attached hydrogen (secondary N) is 1. The number of carbonyl (C=O) groups excluding carboxylic acids is 1. The molecule has 3 nitrogen and oxygen atoms in total.